The molecule has 2 aromatic carbocycles. The fourth-order valence-electron chi connectivity index (χ4n) is 4.09. The number of amides is 3. The summed E-state index contributed by atoms with van der Waals surface area (Å²) >= 11 is 0. The molecule has 0 heterocycles. The van der Waals surface area contributed by atoms with Gasteiger partial charge < -0.3 is 25.4 Å². The number of para-hydroxylation sites is 1. The third kappa shape index (κ3) is 8.58. The second kappa shape index (κ2) is 14.0. The van der Waals surface area contributed by atoms with E-state index in [0.29, 0.717) is 17.7 Å². The first-order valence-corrected chi connectivity index (χ1v) is 13.3. The van der Waals surface area contributed by atoms with Crippen molar-refractivity contribution in [2.24, 2.45) is 5.92 Å². The van der Waals surface area contributed by atoms with Crippen LogP contribution in [-0.2, 0) is 20.7 Å². The van der Waals surface area contributed by atoms with Crippen molar-refractivity contribution in [1.29, 1.82) is 0 Å². The van der Waals surface area contributed by atoms with Crippen LogP contribution in [0.2, 0.25) is 0 Å². The van der Waals surface area contributed by atoms with Crippen LogP contribution in [0.15, 0.2) is 48.5 Å². The first kappa shape index (κ1) is 30.8. The van der Waals surface area contributed by atoms with Crippen molar-refractivity contribution < 1.29 is 24.2 Å². The number of anilines is 1. The Morgan fingerprint density at radius 2 is 1.66 bits per heavy atom. The summed E-state index contributed by atoms with van der Waals surface area (Å²) in [6, 6.07) is 12.9. The SMILES string of the molecule is CCc1ccc(C(C(=O)Nc2ccccc2C)N(CCO)C(=O)C(NC(=O)OC(C)(C)C)C(C)CC)cc1. The van der Waals surface area contributed by atoms with Crippen LogP contribution in [0.4, 0.5) is 10.5 Å². The molecule has 3 amide bonds. The van der Waals surface area contributed by atoms with Gasteiger partial charge in [-0.05, 0) is 62.8 Å². The van der Waals surface area contributed by atoms with Crippen molar-refractivity contribution in [3.8, 4) is 0 Å². The lowest BCUT2D eigenvalue weighted by Crippen LogP contribution is -2.55. The quantitative estimate of drug-likeness (QED) is 0.383. The highest BCUT2D eigenvalue weighted by atomic mass is 16.6. The summed E-state index contributed by atoms with van der Waals surface area (Å²) in [6.45, 7) is 12.5. The smallest absolute Gasteiger partial charge is 0.408 e. The van der Waals surface area contributed by atoms with Gasteiger partial charge in [-0.1, -0.05) is 69.7 Å². The molecular formula is C30H43N3O5. The molecule has 0 fully saturated rings. The predicted molar refractivity (Wildman–Crippen MR) is 150 cm³/mol. The Bertz CT molecular complexity index is 1080. The molecule has 3 unspecified atom stereocenters. The first-order chi connectivity index (χ1) is 17.9. The summed E-state index contributed by atoms with van der Waals surface area (Å²) in [5, 5.41) is 15.6. The van der Waals surface area contributed by atoms with Crippen molar-refractivity contribution >= 4 is 23.6 Å². The molecule has 0 aliphatic rings. The number of rotatable bonds is 11. The van der Waals surface area contributed by atoms with E-state index in [-0.39, 0.29) is 19.1 Å². The highest BCUT2D eigenvalue weighted by Crippen LogP contribution is 2.27. The van der Waals surface area contributed by atoms with Crippen LogP contribution in [0.3, 0.4) is 0 Å². The summed E-state index contributed by atoms with van der Waals surface area (Å²) in [4.78, 5) is 41.9. The number of aliphatic hydroxyl groups excluding tert-OH is 1. The zero-order valence-electron chi connectivity index (χ0n) is 23.7. The Hall–Kier alpha value is -3.39. The molecule has 0 radical (unpaired) electrons. The highest BCUT2D eigenvalue weighted by Gasteiger charge is 2.38. The summed E-state index contributed by atoms with van der Waals surface area (Å²) in [6.07, 6.45) is 0.716. The molecule has 3 atom stereocenters. The minimum Gasteiger partial charge on any atom is -0.444 e. The fraction of sp³-hybridized carbons (Fsp3) is 0.500. The summed E-state index contributed by atoms with van der Waals surface area (Å²) in [5.74, 6) is -1.13. The minimum absolute atomic E-state index is 0.0941. The number of ether oxygens (including phenoxy) is 1. The topological polar surface area (TPSA) is 108 Å². The lowest BCUT2D eigenvalue weighted by atomic mass is 9.95. The normalized spacial score (nSPS) is 13.7. The van der Waals surface area contributed by atoms with E-state index >= 15 is 0 Å². The van der Waals surface area contributed by atoms with Gasteiger partial charge in [-0.25, -0.2) is 4.79 Å². The van der Waals surface area contributed by atoms with Gasteiger partial charge in [0.15, 0.2) is 0 Å². The number of hydrogen-bond acceptors (Lipinski definition) is 5. The zero-order chi connectivity index (χ0) is 28.5. The number of hydrogen-bond donors (Lipinski definition) is 3. The molecule has 8 heteroatoms. The van der Waals surface area contributed by atoms with E-state index in [2.05, 4.69) is 10.6 Å². The number of aryl methyl sites for hydroxylation is 2. The molecule has 0 aliphatic carbocycles. The van der Waals surface area contributed by atoms with Crippen LogP contribution in [0.5, 0.6) is 0 Å². The van der Waals surface area contributed by atoms with Crippen molar-refractivity contribution in [1.82, 2.24) is 10.2 Å². The van der Waals surface area contributed by atoms with E-state index < -0.39 is 35.6 Å². The Morgan fingerprint density at radius 1 is 1.03 bits per heavy atom. The van der Waals surface area contributed by atoms with Gasteiger partial charge in [-0.3, -0.25) is 9.59 Å². The van der Waals surface area contributed by atoms with Gasteiger partial charge in [-0.2, -0.15) is 0 Å². The van der Waals surface area contributed by atoms with Gasteiger partial charge in [0.2, 0.25) is 5.91 Å². The van der Waals surface area contributed by atoms with Gasteiger partial charge in [0, 0.05) is 12.2 Å². The molecule has 38 heavy (non-hydrogen) atoms. The van der Waals surface area contributed by atoms with E-state index in [1.807, 2.05) is 70.2 Å². The Morgan fingerprint density at radius 3 is 2.18 bits per heavy atom. The molecule has 2 rings (SSSR count). The van der Waals surface area contributed by atoms with Crippen LogP contribution in [0.1, 0.15) is 70.7 Å². The second-order valence-electron chi connectivity index (χ2n) is 10.6. The van der Waals surface area contributed by atoms with Crippen LogP contribution < -0.4 is 10.6 Å². The van der Waals surface area contributed by atoms with Gasteiger partial charge in [0.25, 0.3) is 5.91 Å². The molecule has 0 spiro atoms. The van der Waals surface area contributed by atoms with E-state index in [1.54, 1.807) is 26.8 Å². The molecule has 0 aromatic heterocycles. The second-order valence-corrected chi connectivity index (χ2v) is 10.6. The third-order valence-corrected chi connectivity index (χ3v) is 6.44. The van der Waals surface area contributed by atoms with Crippen LogP contribution in [-0.4, -0.2) is 52.7 Å². The average molecular weight is 526 g/mol. The maximum absolute atomic E-state index is 14.1. The number of benzene rings is 2. The predicted octanol–water partition coefficient (Wildman–Crippen LogP) is 5.00. The van der Waals surface area contributed by atoms with Crippen LogP contribution >= 0.6 is 0 Å². The average Bonchev–Trinajstić information content (AvgIpc) is 2.87. The Kier molecular flexibility index (Phi) is 11.3. The molecule has 0 aliphatic heterocycles. The van der Waals surface area contributed by atoms with Crippen LogP contribution in [0.25, 0.3) is 0 Å². The van der Waals surface area contributed by atoms with E-state index in [9.17, 15) is 19.5 Å². The lowest BCUT2D eigenvalue weighted by Gasteiger charge is -2.35. The van der Waals surface area contributed by atoms with Crippen molar-refractivity contribution in [2.45, 2.75) is 79.0 Å². The number of nitrogens with one attached hydrogen (secondary N) is 2. The Balaban J connectivity index is 2.53. The maximum atomic E-state index is 14.1. The van der Waals surface area contributed by atoms with Crippen molar-refractivity contribution in [3.05, 3.63) is 65.2 Å². The number of nitrogens with zero attached hydrogens (tertiary/aromatic N) is 1. The highest BCUT2D eigenvalue weighted by molar-refractivity contribution is 5.99. The summed E-state index contributed by atoms with van der Waals surface area (Å²) in [5.41, 5.74) is 2.47. The third-order valence-electron chi connectivity index (χ3n) is 6.44. The van der Waals surface area contributed by atoms with Gasteiger partial charge in [0.1, 0.15) is 17.7 Å². The molecule has 0 saturated carbocycles. The van der Waals surface area contributed by atoms with Gasteiger partial charge in [-0.15, -0.1) is 0 Å². The largest absolute Gasteiger partial charge is 0.444 e. The zero-order valence-corrected chi connectivity index (χ0v) is 23.7. The number of carbonyl (C=O) groups is 3. The molecule has 2 aromatic rings. The standard InChI is InChI=1S/C30H43N3O5/c1-8-20(3)25(32-29(37)38-30(5,6)7)28(36)33(18-19-34)26(23-16-14-22(9-2)15-17-23)27(35)31-24-13-11-10-12-21(24)4/h10-17,20,25-26,34H,8-9,18-19H2,1-7H3,(H,31,35)(H,32,37). The minimum atomic E-state index is -1.04. The molecule has 8 nitrogen and oxygen atoms in total. The van der Waals surface area contributed by atoms with Crippen molar-refractivity contribution in [2.75, 3.05) is 18.5 Å². The number of carbonyl (C=O) groups excluding carboxylic acids is 3. The monoisotopic (exact) mass is 525 g/mol. The van der Waals surface area contributed by atoms with Crippen molar-refractivity contribution in [3.63, 3.8) is 0 Å². The number of alkyl carbamates (subject to hydrolysis) is 1. The first-order valence-electron chi connectivity index (χ1n) is 13.3. The molecule has 0 bridgehead atoms. The van der Waals surface area contributed by atoms with Crippen LogP contribution in [0, 0.1) is 12.8 Å². The molecule has 208 valence electrons. The molecule has 0 saturated heterocycles. The van der Waals surface area contributed by atoms with E-state index in [1.165, 1.54) is 4.90 Å². The van der Waals surface area contributed by atoms with Gasteiger partial charge in [0.05, 0.1) is 6.61 Å². The van der Waals surface area contributed by atoms with E-state index in [4.69, 9.17) is 4.74 Å². The molecular weight excluding hydrogens is 482 g/mol. The number of aliphatic hydroxyl groups is 1. The Labute approximate surface area is 226 Å². The molecule has 3 N–H and O–H groups in total. The maximum Gasteiger partial charge on any atom is 0.408 e. The lowest BCUT2D eigenvalue weighted by molar-refractivity contribution is -0.142. The fourth-order valence-corrected chi connectivity index (χ4v) is 4.09. The summed E-state index contributed by atoms with van der Waals surface area (Å²) < 4.78 is 5.41. The van der Waals surface area contributed by atoms with E-state index in [0.717, 1.165) is 17.5 Å². The summed E-state index contributed by atoms with van der Waals surface area (Å²) in [7, 11) is 0. The van der Waals surface area contributed by atoms with Gasteiger partial charge >= 0.3 is 6.09 Å².